The number of benzene rings is 1. The van der Waals surface area contributed by atoms with Gasteiger partial charge in [-0.3, -0.25) is 4.79 Å². The number of hydrogen-bond donors (Lipinski definition) is 3. The van der Waals surface area contributed by atoms with Crippen molar-refractivity contribution in [2.45, 2.75) is 13.5 Å². The molecule has 1 fully saturated rings. The second kappa shape index (κ2) is 9.22. The highest BCUT2D eigenvalue weighted by Crippen LogP contribution is 2.15. The van der Waals surface area contributed by atoms with Gasteiger partial charge in [0, 0.05) is 19.0 Å². The summed E-state index contributed by atoms with van der Waals surface area (Å²) in [5.41, 5.74) is 0.904. The second-order valence-electron chi connectivity index (χ2n) is 5.62. The lowest BCUT2D eigenvalue weighted by atomic mass is 9.88. The highest BCUT2D eigenvalue weighted by atomic mass is 35.5. The predicted molar refractivity (Wildman–Crippen MR) is 92.8 cm³/mol. The molecule has 130 valence electrons. The number of carbonyl (C=O) groups excluding carboxylic acids is 1. The van der Waals surface area contributed by atoms with Crippen LogP contribution in [0.1, 0.15) is 12.5 Å². The van der Waals surface area contributed by atoms with Gasteiger partial charge in [-0.1, -0.05) is 37.3 Å². The Kier molecular flexibility index (Phi) is 7.98. The maximum absolute atomic E-state index is 11.9. The van der Waals surface area contributed by atoms with Crippen LogP contribution < -0.4 is 15.4 Å². The lowest BCUT2D eigenvalue weighted by Crippen LogP contribution is -2.50. The molecule has 2 rings (SSSR count). The van der Waals surface area contributed by atoms with Crippen molar-refractivity contribution in [3.63, 3.8) is 0 Å². The highest BCUT2D eigenvalue weighted by Gasteiger charge is 2.28. The topological polar surface area (TPSA) is 87.3 Å². The van der Waals surface area contributed by atoms with E-state index in [2.05, 4.69) is 15.4 Å². The zero-order valence-corrected chi connectivity index (χ0v) is 14.8. The minimum atomic E-state index is -3.39. The predicted octanol–water partition coefficient (Wildman–Crippen LogP) is 0.500. The van der Waals surface area contributed by atoms with E-state index in [0.29, 0.717) is 5.92 Å². The number of hydrogen-bond acceptors (Lipinski definition) is 4. The molecule has 1 aliphatic heterocycles. The van der Waals surface area contributed by atoms with E-state index in [1.165, 1.54) is 0 Å². The largest absolute Gasteiger partial charge is 0.355 e. The fourth-order valence-electron chi connectivity index (χ4n) is 2.21. The Morgan fingerprint density at radius 1 is 1.30 bits per heavy atom. The molecule has 8 heteroatoms. The summed E-state index contributed by atoms with van der Waals surface area (Å²) in [6, 6.07) is 9.32. The van der Waals surface area contributed by atoms with Gasteiger partial charge in [0.15, 0.2) is 0 Å². The van der Waals surface area contributed by atoms with Crippen molar-refractivity contribution in [2.24, 2.45) is 11.8 Å². The molecular weight excluding hydrogens is 338 g/mol. The zero-order chi connectivity index (χ0) is 16.0. The molecule has 1 aliphatic rings. The molecule has 1 aromatic rings. The van der Waals surface area contributed by atoms with Crippen LogP contribution in [-0.4, -0.2) is 39.7 Å². The van der Waals surface area contributed by atoms with E-state index in [-0.39, 0.29) is 43.1 Å². The van der Waals surface area contributed by atoms with Crippen LogP contribution in [0.2, 0.25) is 0 Å². The molecule has 1 unspecified atom stereocenters. The monoisotopic (exact) mass is 361 g/mol. The highest BCUT2D eigenvalue weighted by molar-refractivity contribution is 7.89. The fraction of sp³-hybridized carbons (Fsp3) is 0.533. The molecular formula is C15H24ClN3O3S. The van der Waals surface area contributed by atoms with Crippen molar-refractivity contribution in [2.75, 3.05) is 25.4 Å². The van der Waals surface area contributed by atoms with Crippen LogP contribution in [0.15, 0.2) is 30.3 Å². The van der Waals surface area contributed by atoms with Gasteiger partial charge >= 0.3 is 0 Å². The van der Waals surface area contributed by atoms with Gasteiger partial charge in [0.05, 0.1) is 5.75 Å². The van der Waals surface area contributed by atoms with Crippen molar-refractivity contribution >= 4 is 28.3 Å². The molecule has 23 heavy (non-hydrogen) atoms. The molecule has 0 bridgehead atoms. The average molecular weight is 362 g/mol. The summed E-state index contributed by atoms with van der Waals surface area (Å²) < 4.78 is 26.3. The van der Waals surface area contributed by atoms with E-state index >= 15 is 0 Å². The first-order valence-electron chi connectivity index (χ1n) is 7.47. The number of sulfonamides is 1. The van der Waals surface area contributed by atoms with Crippen molar-refractivity contribution in [3.05, 3.63) is 35.9 Å². The van der Waals surface area contributed by atoms with Gasteiger partial charge in [-0.05, 0) is 24.6 Å². The third-order valence-electron chi connectivity index (χ3n) is 3.94. The summed E-state index contributed by atoms with van der Waals surface area (Å²) in [6.07, 6.45) is 0. The summed E-state index contributed by atoms with van der Waals surface area (Å²) in [5, 5.41) is 5.82. The van der Waals surface area contributed by atoms with E-state index in [9.17, 15) is 13.2 Å². The second-order valence-corrected chi connectivity index (χ2v) is 7.55. The molecule has 1 aromatic carbocycles. The van der Waals surface area contributed by atoms with Gasteiger partial charge in [0.25, 0.3) is 0 Å². The van der Waals surface area contributed by atoms with Gasteiger partial charge in [0.2, 0.25) is 15.9 Å². The van der Waals surface area contributed by atoms with Crippen LogP contribution in [0.4, 0.5) is 0 Å². The molecule has 0 saturated carbocycles. The Labute approximate surface area is 143 Å². The van der Waals surface area contributed by atoms with Crippen molar-refractivity contribution in [1.82, 2.24) is 15.4 Å². The molecule has 0 spiro atoms. The fourth-order valence-corrected chi connectivity index (χ4v) is 3.11. The Bertz CT molecular complexity index is 591. The van der Waals surface area contributed by atoms with E-state index in [1.54, 1.807) is 0 Å². The van der Waals surface area contributed by atoms with Gasteiger partial charge in [-0.15, -0.1) is 12.4 Å². The normalized spacial score (nSPS) is 16.0. The van der Waals surface area contributed by atoms with Gasteiger partial charge in [-0.2, -0.15) is 0 Å². The van der Waals surface area contributed by atoms with Crippen LogP contribution in [-0.2, 0) is 21.4 Å². The summed E-state index contributed by atoms with van der Waals surface area (Å²) >= 11 is 0. The molecule has 3 N–H and O–H groups in total. The molecule has 0 aliphatic carbocycles. The van der Waals surface area contributed by atoms with Crippen molar-refractivity contribution in [1.29, 1.82) is 0 Å². The van der Waals surface area contributed by atoms with Crippen molar-refractivity contribution < 1.29 is 13.2 Å². The summed E-state index contributed by atoms with van der Waals surface area (Å²) in [4.78, 5) is 11.9. The average Bonchev–Trinajstić information content (AvgIpc) is 2.44. The molecule has 0 aromatic heterocycles. The summed E-state index contributed by atoms with van der Waals surface area (Å²) in [6.45, 7) is 3.98. The lowest BCUT2D eigenvalue weighted by Gasteiger charge is -2.31. The Balaban J connectivity index is 0.00000264. The first kappa shape index (κ1) is 19.9. The first-order valence-corrected chi connectivity index (χ1v) is 9.13. The van der Waals surface area contributed by atoms with Gasteiger partial charge in [-0.25, -0.2) is 13.1 Å². The van der Waals surface area contributed by atoms with Gasteiger partial charge < -0.3 is 10.6 Å². The molecule has 1 amide bonds. The van der Waals surface area contributed by atoms with Crippen LogP contribution >= 0.6 is 12.4 Å². The number of carbonyl (C=O) groups is 1. The minimum Gasteiger partial charge on any atom is -0.355 e. The molecule has 0 radical (unpaired) electrons. The van der Waals surface area contributed by atoms with Crippen molar-refractivity contribution in [3.8, 4) is 0 Å². The first-order chi connectivity index (χ1) is 10.5. The molecule has 1 heterocycles. The van der Waals surface area contributed by atoms with Crippen LogP contribution in [0.3, 0.4) is 0 Å². The zero-order valence-electron chi connectivity index (χ0n) is 13.1. The van der Waals surface area contributed by atoms with E-state index < -0.39 is 10.0 Å². The number of amides is 1. The SMILES string of the molecule is CC(C(=O)NCCS(=O)(=O)NCc1ccccc1)C1CNC1.Cl. The molecule has 6 nitrogen and oxygen atoms in total. The van der Waals surface area contributed by atoms with E-state index in [0.717, 1.165) is 18.7 Å². The number of rotatable bonds is 8. The third-order valence-corrected chi connectivity index (χ3v) is 5.27. The molecule has 1 saturated heterocycles. The standard InChI is InChI=1S/C15H23N3O3S.ClH/c1-12(14-10-16-11-14)15(19)17-7-8-22(20,21)18-9-13-5-3-2-4-6-13;/h2-6,12,14,16,18H,7-11H2,1H3,(H,17,19);1H. The van der Waals surface area contributed by atoms with E-state index in [4.69, 9.17) is 0 Å². The lowest BCUT2D eigenvalue weighted by molar-refractivity contribution is -0.126. The maximum atomic E-state index is 11.9. The third kappa shape index (κ3) is 6.47. The van der Waals surface area contributed by atoms with E-state index in [1.807, 2.05) is 37.3 Å². The van der Waals surface area contributed by atoms with Crippen LogP contribution in [0.25, 0.3) is 0 Å². The summed E-state index contributed by atoms with van der Waals surface area (Å²) in [7, 11) is -3.39. The smallest absolute Gasteiger partial charge is 0.223 e. The van der Waals surface area contributed by atoms with Crippen LogP contribution in [0, 0.1) is 11.8 Å². The summed E-state index contributed by atoms with van der Waals surface area (Å²) in [5.74, 6) is 0.0834. The number of halogens is 1. The Hall–Kier alpha value is -1.15. The van der Waals surface area contributed by atoms with Crippen LogP contribution in [0.5, 0.6) is 0 Å². The molecule has 1 atom stereocenters. The Morgan fingerprint density at radius 3 is 2.52 bits per heavy atom. The quantitative estimate of drug-likeness (QED) is 0.629. The maximum Gasteiger partial charge on any atom is 0.223 e. The minimum absolute atomic E-state index is 0. The van der Waals surface area contributed by atoms with Gasteiger partial charge in [0.1, 0.15) is 0 Å². The Morgan fingerprint density at radius 2 is 1.96 bits per heavy atom. The number of nitrogens with one attached hydrogen (secondary N) is 3.